The second-order valence-electron chi connectivity index (χ2n) is 8.86. The van der Waals surface area contributed by atoms with Crippen LogP contribution in [0.1, 0.15) is 25.0 Å². The summed E-state index contributed by atoms with van der Waals surface area (Å²) in [5, 5.41) is 3.40. The number of aryl methyl sites for hydroxylation is 1. The van der Waals surface area contributed by atoms with Gasteiger partial charge in [0.25, 0.3) is 10.0 Å². The van der Waals surface area contributed by atoms with Gasteiger partial charge in [0.1, 0.15) is 12.6 Å². The number of nitrogens with one attached hydrogen (secondary N) is 1. The number of benzene rings is 3. The molecule has 0 heterocycles. The van der Waals surface area contributed by atoms with Crippen molar-refractivity contribution >= 4 is 62.5 Å². The molecule has 208 valence electrons. The van der Waals surface area contributed by atoms with Crippen molar-refractivity contribution in [3.8, 4) is 0 Å². The number of anilines is 1. The summed E-state index contributed by atoms with van der Waals surface area (Å²) in [6.07, 6.45) is 1.90. The number of rotatable bonds is 11. The van der Waals surface area contributed by atoms with E-state index in [0.29, 0.717) is 27.8 Å². The molecule has 3 aromatic carbocycles. The molecule has 0 bridgehead atoms. The number of thioether (sulfide) groups is 1. The van der Waals surface area contributed by atoms with E-state index in [1.54, 1.807) is 68.4 Å². The van der Waals surface area contributed by atoms with Crippen LogP contribution in [0.3, 0.4) is 0 Å². The Morgan fingerprint density at radius 2 is 1.62 bits per heavy atom. The lowest BCUT2D eigenvalue weighted by Gasteiger charge is -2.32. The normalized spacial score (nSPS) is 12.1. The number of carbonyl (C=O) groups is 2. The maximum atomic E-state index is 13.9. The van der Waals surface area contributed by atoms with Gasteiger partial charge >= 0.3 is 0 Å². The van der Waals surface area contributed by atoms with Crippen molar-refractivity contribution < 1.29 is 18.0 Å². The Kier molecular flexibility index (Phi) is 10.7. The van der Waals surface area contributed by atoms with Gasteiger partial charge in [-0.3, -0.25) is 13.9 Å². The minimum absolute atomic E-state index is 0.0260. The van der Waals surface area contributed by atoms with E-state index in [1.807, 2.05) is 13.2 Å². The van der Waals surface area contributed by atoms with Crippen LogP contribution in [0.15, 0.2) is 76.5 Å². The topological polar surface area (TPSA) is 86.8 Å². The molecule has 0 aliphatic rings. The standard InChI is InChI=1S/C28H31Cl2N3O4S2/c1-5-31-28(35)20(3)32(17-21-8-15-25(29)26(30)16-21)27(34)18-33(22-9-6-19(2)7-10-22)39(36,37)24-13-11-23(38-4)12-14-24/h6-16,20H,5,17-18H2,1-4H3,(H,31,35). The Bertz CT molecular complexity index is 1420. The van der Waals surface area contributed by atoms with E-state index in [4.69, 9.17) is 23.2 Å². The quantitative estimate of drug-likeness (QED) is 0.279. The summed E-state index contributed by atoms with van der Waals surface area (Å²) in [4.78, 5) is 29.0. The van der Waals surface area contributed by atoms with E-state index < -0.39 is 28.5 Å². The molecule has 0 saturated heterocycles. The Balaban J connectivity index is 2.03. The fourth-order valence-electron chi connectivity index (χ4n) is 3.85. The summed E-state index contributed by atoms with van der Waals surface area (Å²) in [5.74, 6) is -0.909. The molecule has 2 amide bonds. The predicted molar refractivity (Wildman–Crippen MR) is 159 cm³/mol. The molecule has 1 N–H and O–H groups in total. The maximum absolute atomic E-state index is 13.9. The Morgan fingerprint density at radius 1 is 0.974 bits per heavy atom. The van der Waals surface area contributed by atoms with Gasteiger partial charge in [-0.15, -0.1) is 11.8 Å². The summed E-state index contributed by atoms with van der Waals surface area (Å²) in [6, 6.07) is 17.4. The van der Waals surface area contributed by atoms with E-state index in [-0.39, 0.29) is 17.3 Å². The van der Waals surface area contributed by atoms with E-state index >= 15 is 0 Å². The fourth-order valence-corrected chi connectivity index (χ4v) is 6.00. The van der Waals surface area contributed by atoms with E-state index in [1.165, 1.54) is 28.8 Å². The molecular weight excluding hydrogens is 577 g/mol. The van der Waals surface area contributed by atoms with Crippen molar-refractivity contribution in [2.45, 2.75) is 43.1 Å². The second kappa shape index (κ2) is 13.6. The zero-order valence-electron chi connectivity index (χ0n) is 22.1. The minimum atomic E-state index is -4.12. The van der Waals surface area contributed by atoms with Gasteiger partial charge in [0, 0.05) is 18.0 Å². The molecule has 1 unspecified atom stereocenters. The van der Waals surface area contributed by atoms with Crippen LogP contribution < -0.4 is 9.62 Å². The number of hydrogen-bond acceptors (Lipinski definition) is 5. The molecule has 11 heteroatoms. The summed E-state index contributed by atoms with van der Waals surface area (Å²) in [6.45, 7) is 5.17. The van der Waals surface area contributed by atoms with Crippen LogP contribution in [0.25, 0.3) is 0 Å². The van der Waals surface area contributed by atoms with Crippen molar-refractivity contribution in [3.63, 3.8) is 0 Å². The van der Waals surface area contributed by atoms with Gasteiger partial charge in [-0.2, -0.15) is 0 Å². The van der Waals surface area contributed by atoms with Gasteiger partial charge in [0.05, 0.1) is 20.6 Å². The van der Waals surface area contributed by atoms with Crippen molar-refractivity contribution in [3.05, 3.63) is 87.9 Å². The van der Waals surface area contributed by atoms with Crippen LogP contribution in [0.4, 0.5) is 5.69 Å². The highest BCUT2D eigenvalue weighted by Crippen LogP contribution is 2.27. The number of carbonyl (C=O) groups excluding carboxylic acids is 2. The SMILES string of the molecule is CCNC(=O)C(C)N(Cc1ccc(Cl)c(Cl)c1)C(=O)CN(c1ccc(C)cc1)S(=O)(=O)c1ccc(SC)cc1. The molecule has 1 atom stereocenters. The van der Waals surface area contributed by atoms with E-state index in [9.17, 15) is 18.0 Å². The first-order valence-electron chi connectivity index (χ1n) is 12.2. The summed E-state index contributed by atoms with van der Waals surface area (Å²) in [7, 11) is -4.12. The molecule has 0 radical (unpaired) electrons. The Labute approximate surface area is 244 Å². The average molecular weight is 609 g/mol. The van der Waals surface area contributed by atoms with Gasteiger partial charge in [-0.25, -0.2) is 8.42 Å². The molecule has 0 saturated carbocycles. The first-order chi connectivity index (χ1) is 18.5. The minimum Gasteiger partial charge on any atom is -0.355 e. The van der Waals surface area contributed by atoms with Gasteiger partial charge < -0.3 is 10.2 Å². The zero-order valence-corrected chi connectivity index (χ0v) is 25.3. The summed E-state index contributed by atoms with van der Waals surface area (Å²) >= 11 is 13.7. The zero-order chi connectivity index (χ0) is 28.7. The van der Waals surface area contributed by atoms with Crippen LogP contribution in [0, 0.1) is 6.92 Å². The summed E-state index contributed by atoms with van der Waals surface area (Å²) in [5.41, 5.74) is 1.92. The first kappa shape index (κ1) is 30.8. The number of likely N-dealkylation sites (N-methyl/N-ethyl adjacent to an activating group) is 1. The average Bonchev–Trinajstić information content (AvgIpc) is 2.92. The van der Waals surface area contributed by atoms with Gasteiger partial charge in [0.2, 0.25) is 11.8 Å². The van der Waals surface area contributed by atoms with E-state index in [0.717, 1.165) is 14.8 Å². The number of sulfonamides is 1. The number of hydrogen-bond donors (Lipinski definition) is 1. The fraction of sp³-hybridized carbons (Fsp3) is 0.286. The smallest absolute Gasteiger partial charge is 0.264 e. The highest BCUT2D eigenvalue weighted by molar-refractivity contribution is 7.98. The molecular formula is C28H31Cl2N3O4S2. The first-order valence-corrected chi connectivity index (χ1v) is 15.6. The number of halogens is 2. The van der Waals surface area contributed by atoms with Crippen LogP contribution >= 0.6 is 35.0 Å². The highest BCUT2D eigenvalue weighted by Gasteiger charge is 2.32. The third-order valence-corrected chi connectivity index (χ3v) is 9.37. The monoisotopic (exact) mass is 607 g/mol. The van der Waals surface area contributed by atoms with Crippen LogP contribution in [-0.4, -0.2) is 50.5 Å². The molecule has 0 aromatic heterocycles. The number of amides is 2. The molecule has 0 spiro atoms. The van der Waals surface area contributed by atoms with Crippen molar-refractivity contribution in [2.75, 3.05) is 23.7 Å². The van der Waals surface area contributed by atoms with Crippen molar-refractivity contribution in [1.82, 2.24) is 10.2 Å². The van der Waals surface area contributed by atoms with Crippen LogP contribution in [-0.2, 0) is 26.2 Å². The van der Waals surface area contributed by atoms with Gasteiger partial charge in [-0.05, 0) is 81.1 Å². The van der Waals surface area contributed by atoms with Crippen molar-refractivity contribution in [1.29, 1.82) is 0 Å². The largest absolute Gasteiger partial charge is 0.355 e. The van der Waals surface area contributed by atoms with Crippen LogP contribution in [0.5, 0.6) is 0 Å². The molecule has 3 aromatic rings. The second-order valence-corrected chi connectivity index (χ2v) is 12.4. The lowest BCUT2D eigenvalue weighted by molar-refractivity contribution is -0.139. The lowest BCUT2D eigenvalue weighted by atomic mass is 10.1. The predicted octanol–water partition coefficient (Wildman–Crippen LogP) is 5.77. The lowest BCUT2D eigenvalue weighted by Crippen LogP contribution is -2.51. The van der Waals surface area contributed by atoms with Crippen LogP contribution in [0.2, 0.25) is 10.0 Å². The van der Waals surface area contributed by atoms with Crippen molar-refractivity contribution in [2.24, 2.45) is 0 Å². The number of nitrogens with zero attached hydrogens (tertiary/aromatic N) is 2. The molecule has 0 aliphatic carbocycles. The molecule has 3 rings (SSSR count). The Hall–Kier alpha value is -2.72. The third kappa shape index (κ3) is 7.69. The summed E-state index contributed by atoms with van der Waals surface area (Å²) < 4.78 is 28.8. The van der Waals surface area contributed by atoms with Gasteiger partial charge in [-0.1, -0.05) is 47.0 Å². The Morgan fingerprint density at radius 3 is 2.18 bits per heavy atom. The molecule has 39 heavy (non-hydrogen) atoms. The third-order valence-electron chi connectivity index (χ3n) is 6.10. The molecule has 0 fully saturated rings. The molecule has 7 nitrogen and oxygen atoms in total. The highest BCUT2D eigenvalue weighted by atomic mass is 35.5. The van der Waals surface area contributed by atoms with E-state index in [2.05, 4.69) is 5.32 Å². The maximum Gasteiger partial charge on any atom is 0.264 e. The molecule has 0 aliphatic heterocycles. The van der Waals surface area contributed by atoms with Gasteiger partial charge in [0.15, 0.2) is 0 Å².